The van der Waals surface area contributed by atoms with Crippen molar-refractivity contribution in [2.24, 2.45) is 5.10 Å². The zero-order valence-corrected chi connectivity index (χ0v) is 17.6. The molecular weight excluding hydrogens is 440 g/mol. The molecule has 2 aliphatic heterocycles. The molecule has 1 amide bonds. The van der Waals surface area contributed by atoms with E-state index in [-0.39, 0.29) is 12.1 Å². The predicted molar refractivity (Wildman–Crippen MR) is 116 cm³/mol. The van der Waals surface area contributed by atoms with Crippen molar-refractivity contribution in [3.8, 4) is 5.75 Å². The number of thioether (sulfide) groups is 1. The van der Waals surface area contributed by atoms with E-state index in [9.17, 15) is 4.79 Å². The van der Waals surface area contributed by atoms with Gasteiger partial charge in [-0.15, -0.1) is 11.7 Å². The van der Waals surface area contributed by atoms with Crippen LogP contribution >= 0.6 is 27.7 Å². The molecular formula is C20H19BrN4O2S. The van der Waals surface area contributed by atoms with Crippen LogP contribution in [0.3, 0.4) is 0 Å². The molecule has 8 heteroatoms. The number of carbonyl (C=O) groups is 1. The van der Waals surface area contributed by atoms with Gasteiger partial charge >= 0.3 is 0 Å². The summed E-state index contributed by atoms with van der Waals surface area (Å²) in [4.78, 5) is 13.0. The predicted octanol–water partition coefficient (Wildman–Crippen LogP) is 4.25. The quantitative estimate of drug-likeness (QED) is 0.670. The summed E-state index contributed by atoms with van der Waals surface area (Å²) in [6.07, 6.45) is 1.44. The number of hydrazone groups is 1. The summed E-state index contributed by atoms with van der Waals surface area (Å²) < 4.78 is 6.31. The van der Waals surface area contributed by atoms with Crippen LogP contribution < -0.4 is 15.4 Å². The first-order valence-corrected chi connectivity index (χ1v) is 10.5. The molecule has 2 aromatic carbocycles. The third-order valence-corrected chi connectivity index (χ3v) is 6.18. The third-order valence-electron chi connectivity index (χ3n) is 4.60. The summed E-state index contributed by atoms with van der Waals surface area (Å²) in [6.45, 7) is 3.73. The number of nitrogens with one attached hydrogen (secondary N) is 2. The van der Waals surface area contributed by atoms with E-state index in [1.54, 1.807) is 13.2 Å². The minimum absolute atomic E-state index is 0.0977. The van der Waals surface area contributed by atoms with Crippen LogP contribution in [-0.2, 0) is 4.79 Å². The lowest BCUT2D eigenvalue weighted by Gasteiger charge is -2.44. The number of hydrogen-bond acceptors (Lipinski definition) is 6. The number of anilines is 1. The van der Waals surface area contributed by atoms with Crippen molar-refractivity contribution in [2.45, 2.75) is 12.2 Å². The van der Waals surface area contributed by atoms with Crippen LogP contribution in [-0.4, -0.2) is 28.9 Å². The van der Waals surface area contributed by atoms with E-state index in [0.717, 1.165) is 27.0 Å². The van der Waals surface area contributed by atoms with Crippen molar-refractivity contribution in [3.63, 3.8) is 0 Å². The van der Waals surface area contributed by atoms with Gasteiger partial charge in [0.25, 0.3) is 5.91 Å². The second kappa shape index (κ2) is 7.89. The van der Waals surface area contributed by atoms with Gasteiger partial charge in [0, 0.05) is 27.0 Å². The Hall–Kier alpha value is -2.45. The summed E-state index contributed by atoms with van der Waals surface area (Å²) in [5.41, 5.74) is 2.74. The molecule has 0 unspecified atom stereocenters. The van der Waals surface area contributed by atoms with Gasteiger partial charge in [-0.3, -0.25) is 9.80 Å². The number of fused-ring (bicyclic) bond motifs is 3. The largest absolute Gasteiger partial charge is 0.497 e. The molecule has 2 atom stereocenters. The third kappa shape index (κ3) is 3.38. The van der Waals surface area contributed by atoms with Gasteiger partial charge in [-0.25, -0.2) is 0 Å². The van der Waals surface area contributed by atoms with Crippen molar-refractivity contribution in [2.75, 3.05) is 18.2 Å². The lowest BCUT2D eigenvalue weighted by Crippen LogP contribution is -2.51. The van der Waals surface area contributed by atoms with Crippen LogP contribution in [0.5, 0.6) is 5.75 Å². The maximum Gasteiger partial charge on any atom is 0.255 e. The average molecular weight is 459 g/mol. The summed E-state index contributed by atoms with van der Waals surface area (Å²) in [6, 6.07) is 13.1. The molecule has 0 aliphatic carbocycles. The van der Waals surface area contributed by atoms with E-state index in [1.165, 1.54) is 11.8 Å². The Balaban J connectivity index is 1.84. The number of halogens is 1. The summed E-state index contributed by atoms with van der Waals surface area (Å²) in [5, 5.41) is 13.6. The Morgan fingerprint density at radius 3 is 2.93 bits per heavy atom. The van der Waals surface area contributed by atoms with Crippen LogP contribution in [0, 0.1) is 0 Å². The number of methoxy groups -OCH3 is 1. The SMILES string of the molecule is C=CCSC1=NN2[C@H](c3cc(OC)ccc3Br)Nc3ccccc3[C@@H]2C(=O)N1. The number of amides is 1. The Morgan fingerprint density at radius 1 is 1.32 bits per heavy atom. The Labute approximate surface area is 176 Å². The Bertz CT molecular complexity index is 965. The molecule has 28 heavy (non-hydrogen) atoms. The number of ether oxygens (including phenoxy) is 1. The first kappa shape index (κ1) is 18.9. The smallest absolute Gasteiger partial charge is 0.255 e. The van der Waals surface area contributed by atoms with E-state index in [1.807, 2.05) is 47.5 Å². The van der Waals surface area contributed by atoms with Crippen LogP contribution in [0.4, 0.5) is 5.69 Å². The van der Waals surface area contributed by atoms with Crippen molar-refractivity contribution in [1.29, 1.82) is 0 Å². The fourth-order valence-electron chi connectivity index (χ4n) is 3.33. The van der Waals surface area contributed by atoms with Gasteiger partial charge < -0.3 is 15.4 Å². The highest BCUT2D eigenvalue weighted by atomic mass is 79.9. The summed E-state index contributed by atoms with van der Waals surface area (Å²) in [7, 11) is 1.63. The van der Waals surface area contributed by atoms with Gasteiger partial charge in [0.15, 0.2) is 11.2 Å². The van der Waals surface area contributed by atoms with E-state index in [0.29, 0.717) is 10.9 Å². The minimum atomic E-state index is -0.520. The summed E-state index contributed by atoms with van der Waals surface area (Å²) in [5.74, 6) is 1.30. The molecule has 0 radical (unpaired) electrons. The van der Waals surface area contributed by atoms with Crippen LogP contribution in [0.1, 0.15) is 23.3 Å². The number of para-hydroxylation sites is 1. The maximum atomic E-state index is 13.0. The summed E-state index contributed by atoms with van der Waals surface area (Å²) >= 11 is 5.08. The number of nitrogens with zero attached hydrogens (tertiary/aromatic N) is 2. The van der Waals surface area contributed by atoms with Gasteiger partial charge in [0.2, 0.25) is 0 Å². The average Bonchev–Trinajstić information content (AvgIpc) is 2.72. The molecule has 2 aliphatic rings. The van der Waals surface area contributed by atoms with E-state index in [2.05, 4.69) is 33.1 Å². The molecule has 0 saturated carbocycles. The number of carbonyl (C=O) groups excluding carboxylic acids is 1. The zero-order valence-electron chi connectivity index (χ0n) is 15.2. The van der Waals surface area contributed by atoms with Crippen molar-refractivity contribution in [1.82, 2.24) is 10.3 Å². The normalized spacial score (nSPS) is 20.3. The molecule has 0 spiro atoms. The van der Waals surface area contributed by atoms with Crippen molar-refractivity contribution < 1.29 is 9.53 Å². The molecule has 0 aromatic heterocycles. The second-order valence-corrected chi connectivity index (χ2v) is 8.16. The molecule has 0 fully saturated rings. The number of rotatable bonds is 4. The van der Waals surface area contributed by atoms with Crippen LogP contribution in [0.2, 0.25) is 0 Å². The van der Waals surface area contributed by atoms with Gasteiger partial charge in [0.05, 0.1) is 7.11 Å². The second-order valence-electron chi connectivity index (χ2n) is 6.30. The van der Waals surface area contributed by atoms with E-state index >= 15 is 0 Å². The highest BCUT2D eigenvalue weighted by Crippen LogP contribution is 2.44. The lowest BCUT2D eigenvalue weighted by atomic mass is 9.97. The van der Waals surface area contributed by atoms with Crippen LogP contribution in [0.15, 0.2) is 64.7 Å². The molecule has 4 rings (SSSR count). The highest BCUT2D eigenvalue weighted by Gasteiger charge is 2.42. The fourth-order valence-corrected chi connectivity index (χ4v) is 4.40. The number of benzene rings is 2. The lowest BCUT2D eigenvalue weighted by molar-refractivity contribution is -0.127. The monoisotopic (exact) mass is 458 g/mol. The molecule has 2 N–H and O–H groups in total. The topological polar surface area (TPSA) is 66.0 Å². The maximum absolute atomic E-state index is 13.0. The Morgan fingerprint density at radius 2 is 2.14 bits per heavy atom. The van der Waals surface area contributed by atoms with Gasteiger partial charge in [-0.2, -0.15) is 0 Å². The van der Waals surface area contributed by atoms with Gasteiger partial charge in [-0.1, -0.05) is 52.0 Å². The van der Waals surface area contributed by atoms with Gasteiger partial charge in [-0.05, 0) is 24.3 Å². The zero-order chi connectivity index (χ0) is 19.7. The van der Waals surface area contributed by atoms with Crippen molar-refractivity contribution >= 4 is 44.5 Å². The first-order valence-electron chi connectivity index (χ1n) is 8.72. The molecule has 2 aromatic rings. The van der Waals surface area contributed by atoms with E-state index < -0.39 is 6.04 Å². The molecule has 144 valence electrons. The van der Waals surface area contributed by atoms with E-state index in [4.69, 9.17) is 9.84 Å². The number of hydrogen-bond donors (Lipinski definition) is 2. The Kier molecular flexibility index (Phi) is 5.32. The van der Waals surface area contributed by atoms with Crippen molar-refractivity contribution in [3.05, 3.63) is 70.7 Å². The van der Waals surface area contributed by atoms with Crippen LogP contribution in [0.25, 0.3) is 0 Å². The van der Waals surface area contributed by atoms with Gasteiger partial charge in [0.1, 0.15) is 11.9 Å². The fraction of sp³-hybridized carbons (Fsp3) is 0.200. The number of amidine groups is 1. The minimum Gasteiger partial charge on any atom is -0.497 e. The first-order chi connectivity index (χ1) is 13.6. The standard InChI is InChI=1S/C20H19BrN4O2S/c1-3-10-28-20-23-19(26)17-13-6-4-5-7-16(13)22-18(25(17)24-20)14-11-12(27-2)8-9-15(14)21/h3-9,11,17-18,22H,1,10H2,2H3,(H,23,24,26)/t17-,18-/m1/s1. The molecule has 0 bridgehead atoms. The highest BCUT2D eigenvalue weighted by molar-refractivity contribution is 9.10. The molecule has 0 saturated heterocycles. The molecule has 6 nitrogen and oxygen atoms in total. The molecule has 2 heterocycles.